The first-order valence-corrected chi connectivity index (χ1v) is 9.28. The maximum atomic E-state index is 12.5. The maximum absolute atomic E-state index is 12.5. The minimum atomic E-state index is -0.271. The first kappa shape index (κ1) is 17.8. The minimum Gasteiger partial charge on any atom is -0.497 e. The standard InChI is InChI=1S/C21H24N2O4/c1-25-17-7-5-16(6-8-17)12-20(24)23-14-21(15-23)13-18(9-11-26-21)27-19-4-2-3-10-22-19/h2-8,10,18H,9,11-15H2,1H3/t18-/m1/s1. The lowest BCUT2D eigenvalue weighted by Crippen LogP contribution is -2.67. The van der Waals surface area contributed by atoms with Crippen molar-refractivity contribution in [3.8, 4) is 11.6 Å². The largest absolute Gasteiger partial charge is 0.497 e. The molecule has 6 nitrogen and oxygen atoms in total. The van der Waals surface area contributed by atoms with Crippen LogP contribution in [-0.2, 0) is 16.0 Å². The second-order valence-corrected chi connectivity index (χ2v) is 7.21. The van der Waals surface area contributed by atoms with Gasteiger partial charge >= 0.3 is 0 Å². The second kappa shape index (κ2) is 7.56. The van der Waals surface area contributed by atoms with E-state index < -0.39 is 0 Å². The first-order valence-electron chi connectivity index (χ1n) is 9.28. The number of rotatable bonds is 5. The van der Waals surface area contributed by atoms with Gasteiger partial charge < -0.3 is 19.1 Å². The summed E-state index contributed by atoms with van der Waals surface area (Å²) in [5.74, 6) is 1.57. The molecule has 2 fully saturated rings. The molecule has 1 amide bonds. The van der Waals surface area contributed by atoms with Crippen molar-refractivity contribution >= 4 is 5.91 Å². The molecule has 4 rings (SSSR count). The van der Waals surface area contributed by atoms with E-state index in [1.807, 2.05) is 47.4 Å². The monoisotopic (exact) mass is 368 g/mol. The van der Waals surface area contributed by atoms with Gasteiger partial charge in [0.15, 0.2) is 0 Å². The molecule has 0 N–H and O–H groups in total. The second-order valence-electron chi connectivity index (χ2n) is 7.21. The number of hydrogen-bond acceptors (Lipinski definition) is 5. The van der Waals surface area contributed by atoms with Crippen molar-refractivity contribution in [3.05, 3.63) is 54.2 Å². The molecule has 1 aromatic heterocycles. The number of carbonyl (C=O) groups excluding carboxylic acids is 1. The highest BCUT2D eigenvalue weighted by Gasteiger charge is 2.49. The Balaban J connectivity index is 1.30. The molecule has 27 heavy (non-hydrogen) atoms. The van der Waals surface area contributed by atoms with Crippen molar-refractivity contribution in [2.45, 2.75) is 31.0 Å². The van der Waals surface area contributed by atoms with Gasteiger partial charge in [-0.15, -0.1) is 0 Å². The maximum Gasteiger partial charge on any atom is 0.227 e. The number of aromatic nitrogens is 1. The Morgan fingerprint density at radius 1 is 1.26 bits per heavy atom. The van der Waals surface area contributed by atoms with E-state index in [4.69, 9.17) is 14.2 Å². The van der Waals surface area contributed by atoms with Gasteiger partial charge in [-0.25, -0.2) is 4.98 Å². The summed E-state index contributed by atoms with van der Waals surface area (Å²) in [4.78, 5) is 18.6. The van der Waals surface area contributed by atoms with Crippen LogP contribution >= 0.6 is 0 Å². The molecule has 2 aromatic rings. The van der Waals surface area contributed by atoms with Crippen LogP contribution in [0.25, 0.3) is 0 Å². The number of hydrogen-bond donors (Lipinski definition) is 0. The van der Waals surface area contributed by atoms with E-state index in [0.717, 1.165) is 24.2 Å². The number of nitrogens with zero attached hydrogens (tertiary/aromatic N) is 2. The molecule has 6 heteroatoms. The van der Waals surface area contributed by atoms with Crippen LogP contribution in [0.1, 0.15) is 18.4 Å². The number of ether oxygens (including phenoxy) is 3. The zero-order valence-corrected chi connectivity index (χ0v) is 15.5. The van der Waals surface area contributed by atoms with E-state index in [-0.39, 0.29) is 17.6 Å². The summed E-state index contributed by atoms with van der Waals surface area (Å²) in [6.45, 7) is 1.91. The molecule has 0 unspecified atom stereocenters. The van der Waals surface area contributed by atoms with Crippen LogP contribution < -0.4 is 9.47 Å². The Labute approximate surface area is 159 Å². The molecule has 2 saturated heterocycles. The molecule has 2 aliphatic heterocycles. The molecule has 0 bridgehead atoms. The van der Waals surface area contributed by atoms with Crippen LogP contribution in [0.2, 0.25) is 0 Å². The third-order valence-electron chi connectivity index (χ3n) is 5.20. The lowest BCUT2D eigenvalue weighted by Gasteiger charge is -2.52. The third kappa shape index (κ3) is 4.06. The summed E-state index contributed by atoms with van der Waals surface area (Å²) in [5.41, 5.74) is 0.718. The van der Waals surface area contributed by atoms with E-state index in [1.54, 1.807) is 13.3 Å². The van der Waals surface area contributed by atoms with Gasteiger partial charge in [0.05, 0.1) is 33.2 Å². The van der Waals surface area contributed by atoms with Crippen molar-refractivity contribution in [2.75, 3.05) is 26.8 Å². The minimum absolute atomic E-state index is 0.0764. The normalized spacial score (nSPS) is 20.8. The van der Waals surface area contributed by atoms with E-state index in [1.165, 1.54) is 0 Å². The van der Waals surface area contributed by atoms with Crippen LogP contribution in [0.3, 0.4) is 0 Å². The lowest BCUT2D eigenvalue weighted by molar-refractivity contribution is -0.193. The molecule has 0 radical (unpaired) electrons. The predicted octanol–water partition coefficient (Wildman–Crippen LogP) is 2.47. The number of methoxy groups -OCH3 is 1. The van der Waals surface area contributed by atoms with Crippen LogP contribution in [0.15, 0.2) is 48.7 Å². The van der Waals surface area contributed by atoms with Gasteiger partial charge in [0, 0.05) is 25.1 Å². The van der Waals surface area contributed by atoms with Crippen molar-refractivity contribution in [1.82, 2.24) is 9.88 Å². The molecule has 3 heterocycles. The molecular formula is C21H24N2O4. The Kier molecular flexibility index (Phi) is 4.99. The number of benzene rings is 1. The molecule has 1 spiro atoms. The zero-order valence-electron chi connectivity index (χ0n) is 15.5. The van der Waals surface area contributed by atoms with E-state index in [0.29, 0.717) is 32.0 Å². The zero-order chi connectivity index (χ0) is 18.7. The fourth-order valence-electron chi connectivity index (χ4n) is 3.75. The Bertz CT molecular complexity index is 773. The first-order chi connectivity index (χ1) is 13.2. The number of amides is 1. The van der Waals surface area contributed by atoms with Crippen LogP contribution in [0.5, 0.6) is 11.6 Å². The highest BCUT2D eigenvalue weighted by Crippen LogP contribution is 2.35. The third-order valence-corrected chi connectivity index (χ3v) is 5.20. The summed E-state index contributed by atoms with van der Waals surface area (Å²) in [6, 6.07) is 13.3. The van der Waals surface area contributed by atoms with Crippen molar-refractivity contribution in [3.63, 3.8) is 0 Å². The van der Waals surface area contributed by atoms with Gasteiger partial charge in [0.25, 0.3) is 0 Å². The fraction of sp³-hybridized carbons (Fsp3) is 0.429. The van der Waals surface area contributed by atoms with Gasteiger partial charge in [0.1, 0.15) is 17.5 Å². The number of carbonyl (C=O) groups is 1. The summed E-state index contributed by atoms with van der Waals surface area (Å²) in [5, 5.41) is 0. The van der Waals surface area contributed by atoms with Crippen molar-refractivity contribution < 1.29 is 19.0 Å². The molecule has 0 saturated carbocycles. The fourth-order valence-corrected chi connectivity index (χ4v) is 3.75. The summed E-state index contributed by atoms with van der Waals surface area (Å²) >= 11 is 0. The summed E-state index contributed by atoms with van der Waals surface area (Å²) in [6.07, 6.45) is 3.84. The van der Waals surface area contributed by atoms with Gasteiger partial charge in [-0.2, -0.15) is 0 Å². The Hall–Kier alpha value is -2.60. The highest BCUT2D eigenvalue weighted by molar-refractivity contribution is 5.80. The molecule has 1 atom stereocenters. The van der Waals surface area contributed by atoms with E-state index >= 15 is 0 Å². The molecule has 2 aliphatic rings. The van der Waals surface area contributed by atoms with Crippen LogP contribution in [-0.4, -0.2) is 54.3 Å². The average Bonchev–Trinajstić information content (AvgIpc) is 2.67. The van der Waals surface area contributed by atoms with Gasteiger partial charge in [-0.1, -0.05) is 18.2 Å². The number of likely N-dealkylation sites (tertiary alicyclic amines) is 1. The van der Waals surface area contributed by atoms with Crippen LogP contribution in [0, 0.1) is 0 Å². The van der Waals surface area contributed by atoms with Gasteiger partial charge in [-0.05, 0) is 23.8 Å². The quantitative estimate of drug-likeness (QED) is 0.811. The molecule has 0 aliphatic carbocycles. The smallest absolute Gasteiger partial charge is 0.227 e. The van der Waals surface area contributed by atoms with Gasteiger partial charge in [0.2, 0.25) is 11.8 Å². The topological polar surface area (TPSA) is 60.9 Å². The average molecular weight is 368 g/mol. The molecular weight excluding hydrogens is 344 g/mol. The van der Waals surface area contributed by atoms with Gasteiger partial charge in [-0.3, -0.25) is 4.79 Å². The summed E-state index contributed by atoms with van der Waals surface area (Å²) in [7, 11) is 1.63. The lowest BCUT2D eigenvalue weighted by atomic mass is 9.84. The van der Waals surface area contributed by atoms with E-state index in [2.05, 4.69) is 4.98 Å². The SMILES string of the molecule is COc1ccc(CC(=O)N2CC3(C[C@H](Oc4ccccn4)CCO3)C2)cc1. The Morgan fingerprint density at radius 2 is 2.07 bits per heavy atom. The van der Waals surface area contributed by atoms with Crippen LogP contribution in [0.4, 0.5) is 0 Å². The molecule has 1 aromatic carbocycles. The summed E-state index contributed by atoms with van der Waals surface area (Å²) < 4.78 is 17.2. The van der Waals surface area contributed by atoms with Crippen molar-refractivity contribution in [1.29, 1.82) is 0 Å². The van der Waals surface area contributed by atoms with E-state index in [9.17, 15) is 4.79 Å². The Morgan fingerprint density at radius 3 is 2.78 bits per heavy atom. The van der Waals surface area contributed by atoms with Crippen molar-refractivity contribution in [2.24, 2.45) is 0 Å². The highest BCUT2D eigenvalue weighted by atomic mass is 16.5. The molecule has 142 valence electrons. The predicted molar refractivity (Wildman–Crippen MR) is 99.8 cm³/mol. The number of pyridine rings is 1.